The van der Waals surface area contributed by atoms with Crippen LogP contribution in [0.1, 0.15) is 35.3 Å². The molecule has 168 valence electrons. The fourth-order valence-corrected chi connectivity index (χ4v) is 3.84. The van der Waals surface area contributed by atoms with E-state index in [0.717, 1.165) is 29.0 Å². The van der Waals surface area contributed by atoms with E-state index in [1.54, 1.807) is 32.6 Å². The van der Waals surface area contributed by atoms with E-state index in [1.165, 1.54) is 5.56 Å². The third-order valence-electron chi connectivity index (χ3n) is 4.82. The molecule has 9 heteroatoms. The molecule has 0 fully saturated rings. The van der Waals surface area contributed by atoms with Crippen molar-refractivity contribution in [2.75, 3.05) is 49.0 Å². The number of benzene rings is 1. The van der Waals surface area contributed by atoms with Crippen molar-refractivity contribution in [2.45, 2.75) is 25.6 Å². The van der Waals surface area contributed by atoms with E-state index < -0.39 is 0 Å². The maximum absolute atomic E-state index is 5.35. The molecule has 0 aliphatic carbocycles. The molecule has 1 heterocycles. The summed E-state index contributed by atoms with van der Waals surface area (Å²) in [6, 6.07) is 8.40. The number of ether oxygens (including phenoxy) is 2. The van der Waals surface area contributed by atoms with E-state index in [9.17, 15) is 0 Å². The normalized spacial score (nSPS) is 13.5. The SMILES string of the molecule is CN=C(NCC(c1ccc(OC)cc1)N(C)C)N(C)Cc1csc(C(C)OC)n1.I. The topological polar surface area (TPSA) is 62.2 Å². The highest BCUT2D eigenvalue weighted by Crippen LogP contribution is 2.22. The van der Waals surface area contributed by atoms with E-state index in [4.69, 9.17) is 9.47 Å². The van der Waals surface area contributed by atoms with Gasteiger partial charge in [0.1, 0.15) is 16.9 Å². The second-order valence-electron chi connectivity index (χ2n) is 7.09. The van der Waals surface area contributed by atoms with Crippen LogP contribution in [0.5, 0.6) is 5.75 Å². The number of hydrogen-bond donors (Lipinski definition) is 1. The number of aliphatic imine (C=N–C) groups is 1. The van der Waals surface area contributed by atoms with E-state index in [-0.39, 0.29) is 36.1 Å². The maximum Gasteiger partial charge on any atom is 0.193 e. The first-order chi connectivity index (χ1) is 13.9. The average Bonchev–Trinajstić information content (AvgIpc) is 3.19. The van der Waals surface area contributed by atoms with Crippen molar-refractivity contribution in [3.05, 3.63) is 45.9 Å². The molecule has 0 aliphatic heterocycles. The molecule has 0 aliphatic rings. The van der Waals surface area contributed by atoms with Crippen LogP contribution in [-0.2, 0) is 11.3 Å². The number of likely N-dealkylation sites (N-methyl/N-ethyl adjacent to an activating group) is 1. The van der Waals surface area contributed by atoms with Crippen LogP contribution in [-0.4, -0.2) is 69.7 Å². The molecule has 2 aromatic rings. The predicted molar refractivity (Wildman–Crippen MR) is 135 cm³/mol. The van der Waals surface area contributed by atoms with Gasteiger partial charge in [-0.05, 0) is 38.7 Å². The lowest BCUT2D eigenvalue weighted by molar-refractivity contribution is 0.119. The minimum atomic E-state index is 0. The van der Waals surface area contributed by atoms with Crippen molar-refractivity contribution in [1.29, 1.82) is 0 Å². The number of nitrogens with one attached hydrogen (secondary N) is 1. The lowest BCUT2D eigenvalue weighted by atomic mass is 10.1. The number of guanidine groups is 1. The summed E-state index contributed by atoms with van der Waals surface area (Å²) >= 11 is 1.63. The van der Waals surface area contributed by atoms with Gasteiger partial charge in [-0.25, -0.2) is 4.98 Å². The van der Waals surface area contributed by atoms with Crippen LogP contribution in [0.25, 0.3) is 0 Å². The molecule has 30 heavy (non-hydrogen) atoms. The molecule has 2 rings (SSSR count). The molecule has 0 bridgehead atoms. The molecule has 0 radical (unpaired) electrons. The minimum Gasteiger partial charge on any atom is -0.497 e. The first-order valence-corrected chi connectivity index (χ1v) is 10.5. The molecule has 0 saturated carbocycles. The number of methoxy groups -OCH3 is 2. The highest BCUT2D eigenvalue weighted by atomic mass is 127. The molecule has 1 aromatic carbocycles. The fourth-order valence-electron chi connectivity index (χ4n) is 3.00. The van der Waals surface area contributed by atoms with Crippen LogP contribution >= 0.6 is 35.3 Å². The Morgan fingerprint density at radius 2 is 1.87 bits per heavy atom. The van der Waals surface area contributed by atoms with Crippen molar-refractivity contribution in [3.63, 3.8) is 0 Å². The van der Waals surface area contributed by atoms with Crippen LogP contribution < -0.4 is 10.1 Å². The summed E-state index contributed by atoms with van der Waals surface area (Å²) in [6.45, 7) is 3.43. The Kier molecular flexibility index (Phi) is 11.6. The standard InChI is InChI=1S/C21H33N5O2S.HI/c1-15(27-6)20-24-17(14-29-20)13-26(5)21(22-2)23-12-19(25(3)4)16-8-10-18(28-7)11-9-16;/h8-11,14-15,19H,12-13H2,1-7H3,(H,22,23);1H. The van der Waals surface area contributed by atoms with Gasteiger partial charge >= 0.3 is 0 Å². The molecular weight excluding hydrogens is 513 g/mol. The van der Waals surface area contributed by atoms with Crippen LogP contribution in [0.2, 0.25) is 0 Å². The van der Waals surface area contributed by atoms with E-state index in [1.807, 2.05) is 26.1 Å². The van der Waals surface area contributed by atoms with Gasteiger partial charge in [-0.3, -0.25) is 4.99 Å². The van der Waals surface area contributed by atoms with Gasteiger partial charge in [-0.1, -0.05) is 12.1 Å². The quantitative estimate of drug-likeness (QED) is 0.293. The van der Waals surface area contributed by atoms with E-state index >= 15 is 0 Å². The summed E-state index contributed by atoms with van der Waals surface area (Å²) in [5, 5.41) is 6.56. The van der Waals surface area contributed by atoms with Gasteiger partial charge in [-0.2, -0.15) is 0 Å². The zero-order valence-electron chi connectivity index (χ0n) is 18.9. The third kappa shape index (κ3) is 7.36. The predicted octanol–water partition coefficient (Wildman–Crippen LogP) is 3.79. The second-order valence-corrected chi connectivity index (χ2v) is 7.98. The minimum absolute atomic E-state index is 0. The molecule has 7 nitrogen and oxygen atoms in total. The Balaban J connectivity index is 0.00000450. The Morgan fingerprint density at radius 1 is 1.20 bits per heavy atom. The Hall–Kier alpha value is -1.43. The van der Waals surface area contributed by atoms with Gasteiger partial charge in [0.15, 0.2) is 5.96 Å². The number of halogens is 1. The zero-order valence-corrected chi connectivity index (χ0v) is 22.0. The smallest absolute Gasteiger partial charge is 0.193 e. The summed E-state index contributed by atoms with van der Waals surface area (Å²) in [5.41, 5.74) is 2.23. The van der Waals surface area contributed by atoms with Crippen LogP contribution in [0, 0.1) is 0 Å². The molecular formula is C21H34IN5O2S. The van der Waals surface area contributed by atoms with Gasteiger partial charge in [-0.15, -0.1) is 35.3 Å². The molecule has 2 unspecified atom stereocenters. The largest absolute Gasteiger partial charge is 0.497 e. The molecule has 1 N–H and O–H groups in total. The van der Waals surface area contributed by atoms with Gasteiger partial charge in [0, 0.05) is 33.1 Å². The van der Waals surface area contributed by atoms with Crippen LogP contribution in [0.4, 0.5) is 0 Å². The van der Waals surface area contributed by atoms with Crippen LogP contribution in [0.15, 0.2) is 34.6 Å². The van der Waals surface area contributed by atoms with Crippen molar-refractivity contribution in [1.82, 2.24) is 20.1 Å². The van der Waals surface area contributed by atoms with Gasteiger partial charge in [0.05, 0.1) is 25.4 Å². The zero-order chi connectivity index (χ0) is 21.4. The summed E-state index contributed by atoms with van der Waals surface area (Å²) < 4.78 is 10.6. The number of nitrogens with zero attached hydrogens (tertiary/aromatic N) is 4. The lowest BCUT2D eigenvalue weighted by Crippen LogP contribution is -2.42. The average molecular weight is 548 g/mol. The summed E-state index contributed by atoms with van der Waals surface area (Å²) in [5.74, 6) is 1.69. The van der Waals surface area contributed by atoms with E-state index in [0.29, 0.717) is 6.54 Å². The maximum atomic E-state index is 5.35. The van der Waals surface area contributed by atoms with Gasteiger partial charge in [0.25, 0.3) is 0 Å². The Morgan fingerprint density at radius 3 is 2.40 bits per heavy atom. The number of aromatic nitrogens is 1. The van der Waals surface area contributed by atoms with Crippen molar-refractivity contribution in [2.24, 2.45) is 4.99 Å². The third-order valence-corrected chi connectivity index (χ3v) is 5.88. The number of rotatable bonds is 9. The molecule has 0 amide bonds. The fraction of sp³-hybridized carbons (Fsp3) is 0.524. The second kappa shape index (κ2) is 13.1. The number of thiazole rings is 1. The summed E-state index contributed by atoms with van der Waals surface area (Å²) in [7, 11) is 11.4. The van der Waals surface area contributed by atoms with Gasteiger partial charge in [0.2, 0.25) is 0 Å². The van der Waals surface area contributed by atoms with Crippen LogP contribution in [0.3, 0.4) is 0 Å². The monoisotopic (exact) mass is 547 g/mol. The van der Waals surface area contributed by atoms with Crippen molar-refractivity contribution >= 4 is 41.3 Å². The van der Waals surface area contributed by atoms with E-state index in [2.05, 4.69) is 56.7 Å². The highest BCUT2D eigenvalue weighted by Gasteiger charge is 2.17. The molecule has 1 aromatic heterocycles. The Labute approximate surface area is 201 Å². The first kappa shape index (κ1) is 26.6. The molecule has 0 saturated heterocycles. The summed E-state index contributed by atoms with van der Waals surface area (Å²) in [4.78, 5) is 13.4. The Bertz CT molecular complexity index is 782. The van der Waals surface area contributed by atoms with Crippen molar-refractivity contribution in [3.8, 4) is 5.75 Å². The molecule has 0 spiro atoms. The van der Waals surface area contributed by atoms with Crippen molar-refractivity contribution < 1.29 is 9.47 Å². The lowest BCUT2D eigenvalue weighted by Gasteiger charge is -2.28. The highest BCUT2D eigenvalue weighted by molar-refractivity contribution is 14.0. The molecule has 2 atom stereocenters. The first-order valence-electron chi connectivity index (χ1n) is 9.58. The number of hydrogen-bond acceptors (Lipinski definition) is 6. The summed E-state index contributed by atoms with van der Waals surface area (Å²) in [6.07, 6.45) is 0.0156. The van der Waals surface area contributed by atoms with Gasteiger partial charge < -0.3 is 24.6 Å².